The fourth-order valence-electron chi connectivity index (χ4n) is 7.73. The van der Waals surface area contributed by atoms with Crippen LogP contribution in [0.4, 0.5) is 5.82 Å². The van der Waals surface area contributed by atoms with Gasteiger partial charge in [0.2, 0.25) is 0 Å². The van der Waals surface area contributed by atoms with Crippen molar-refractivity contribution in [1.29, 1.82) is 0 Å². The van der Waals surface area contributed by atoms with Crippen molar-refractivity contribution in [1.82, 2.24) is 34.4 Å². The molecule has 0 saturated carbocycles. The molecule has 2 aliphatic rings. The molecule has 12 heteroatoms. The van der Waals surface area contributed by atoms with Crippen LogP contribution in [-0.2, 0) is 11.3 Å². The third-order valence-electron chi connectivity index (χ3n) is 11.2. The number of carbonyl (C=O) groups is 2. The van der Waals surface area contributed by atoms with Crippen LogP contribution in [0.1, 0.15) is 67.4 Å². The van der Waals surface area contributed by atoms with Gasteiger partial charge in [-0.05, 0) is 113 Å². The maximum atomic E-state index is 11.8. The van der Waals surface area contributed by atoms with Crippen molar-refractivity contribution in [3.8, 4) is 22.8 Å². The minimum absolute atomic E-state index is 0.239. The summed E-state index contributed by atoms with van der Waals surface area (Å²) in [5.74, 6) is 1.99. The number of nitrogens with zero attached hydrogens (tertiary/aromatic N) is 7. The molecular formula is C43H52N8O3S. The van der Waals surface area contributed by atoms with E-state index in [1.165, 1.54) is 11.2 Å². The van der Waals surface area contributed by atoms with E-state index in [9.17, 15) is 9.59 Å². The third kappa shape index (κ3) is 9.61. The van der Waals surface area contributed by atoms with Gasteiger partial charge in [0.1, 0.15) is 41.9 Å². The predicted octanol–water partition coefficient (Wildman–Crippen LogP) is 7.37. The lowest BCUT2D eigenvalue weighted by molar-refractivity contribution is -0.108. The Hall–Kier alpha value is -4.62. The van der Waals surface area contributed by atoms with E-state index in [2.05, 4.69) is 55.5 Å². The fraction of sp³-hybridized carbons (Fsp3) is 0.419. The maximum absolute atomic E-state index is 11.8. The second kappa shape index (κ2) is 18.3. The molecule has 2 fully saturated rings. The Balaban J connectivity index is 0.893. The van der Waals surface area contributed by atoms with Gasteiger partial charge in [0.05, 0.1) is 11.4 Å². The van der Waals surface area contributed by atoms with Crippen LogP contribution in [0.15, 0.2) is 84.0 Å². The highest BCUT2D eigenvalue weighted by atomic mass is 32.2. The number of aromatic nitrogens is 4. The number of hydrogen-bond acceptors (Lipinski definition) is 11. The van der Waals surface area contributed by atoms with Crippen molar-refractivity contribution in [2.75, 3.05) is 52.0 Å². The van der Waals surface area contributed by atoms with E-state index in [-0.39, 0.29) is 12.1 Å². The Kier molecular flexibility index (Phi) is 12.9. The molecular weight excluding hydrogens is 709 g/mol. The van der Waals surface area contributed by atoms with Crippen molar-refractivity contribution >= 4 is 41.2 Å². The number of likely N-dealkylation sites (tertiary alicyclic amines) is 2. The van der Waals surface area contributed by atoms with E-state index in [0.29, 0.717) is 24.0 Å². The molecule has 11 nitrogen and oxygen atoms in total. The Morgan fingerprint density at radius 2 is 1.60 bits per heavy atom. The Morgan fingerprint density at radius 3 is 2.29 bits per heavy atom. The molecule has 4 heterocycles. The van der Waals surface area contributed by atoms with E-state index >= 15 is 0 Å². The Bertz CT molecular complexity index is 2030. The first-order chi connectivity index (χ1) is 26.9. The summed E-state index contributed by atoms with van der Waals surface area (Å²) in [4.78, 5) is 40.3. The summed E-state index contributed by atoms with van der Waals surface area (Å²) in [6.45, 7) is 9.22. The van der Waals surface area contributed by atoms with Gasteiger partial charge < -0.3 is 25.1 Å². The number of piperidine rings is 2. The topological polar surface area (TPSA) is 123 Å². The van der Waals surface area contributed by atoms with Gasteiger partial charge in [-0.2, -0.15) is 5.10 Å². The van der Waals surface area contributed by atoms with Crippen LogP contribution in [-0.4, -0.2) is 105 Å². The second-order valence-electron chi connectivity index (χ2n) is 14.9. The number of fused-ring (bicyclic) bond motifs is 1. The van der Waals surface area contributed by atoms with Gasteiger partial charge in [-0.1, -0.05) is 24.3 Å². The van der Waals surface area contributed by atoms with Crippen LogP contribution in [0.25, 0.3) is 22.3 Å². The first-order valence-electron chi connectivity index (χ1n) is 19.5. The highest BCUT2D eigenvalue weighted by molar-refractivity contribution is 8.00. The van der Waals surface area contributed by atoms with E-state index < -0.39 is 0 Å². The predicted molar refractivity (Wildman–Crippen MR) is 220 cm³/mol. The summed E-state index contributed by atoms with van der Waals surface area (Å²) in [5, 5.41) is 6.48. The van der Waals surface area contributed by atoms with Crippen molar-refractivity contribution < 1.29 is 14.3 Å². The molecule has 288 valence electrons. The molecule has 0 aliphatic carbocycles. The summed E-state index contributed by atoms with van der Waals surface area (Å²) in [5.41, 5.74) is 10.8. The number of rotatable bonds is 16. The average Bonchev–Trinajstić information content (AvgIpc) is 3.61. The third-order valence-corrected chi connectivity index (χ3v) is 12.5. The normalized spacial score (nSPS) is 16.8. The molecule has 2 aromatic heterocycles. The highest BCUT2D eigenvalue weighted by Gasteiger charge is 2.27. The lowest BCUT2D eigenvalue weighted by Gasteiger charge is -2.36. The van der Waals surface area contributed by atoms with Crippen LogP contribution in [0.2, 0.25) is 0 Å². The largest absolute Gasteiger partial charge is 0.457 e. The first-order valence-corrected chi connectivity index (χ1v) is 20.4. The van der Waals surface area contributed by atoms with E-state index in [1.54, 1.807) is 0 Å². The highest BCUT2D eigenvalue weighted by Crippen LogP contribution is 2.36. The molecule has 0 bridgehead atoms. The van der Waals surface area contributed by atoms with Gasteiger partial charge >= 0.3 is 0 Å². The summed E-state index contributed by atoms with van der Waals surface area (Å²) in [6.07, 6.45) is 9.16. The SMILES string of the molecule is CC(CCC=O)N(C)Cc1cc(SC2CCN(CCN3CCC(n4nc(-c5ccc(Oc6ccccc6)cc5)c5c(N)ncnc54)CC3)CC2)ccc1C=O. The zero-order valence-corrected chi connectivity index (χ0v) is 32.7. The number of nitrogen functional groups attached to an aromatic ring is 1. The smallest absolute Gasteiger partial charge is 0.164 e. The summed E-state index contributed by atoms with van der Waals surface area (Å²) in [6, 6.07) is 24.5. The lowest BCUT2D eigenvalue weighted by atomic mass is 10.0. The number of benzene rings is 3. The zero-order valence-electron chi connectivity index (χ0n) is 31.9. The van der Waals surface area contributed by atoms with Crippen LogP contribution < -0.4 is 10.5 Å². The Morgan fingerprint density at radius 1 is 0.909 bits per heavy atom. The number of hydrogen-bond donors (Lipinski definition) is 1. The van der Waals surface area contributed by atoms with Crippen molar-refractivity contribution in [3.63, 3.8) is 0 Å². The van der Waals surface area contributed by atoms with E-state index in [1.807, 2.05) is 72.4 Å². The molecule has 2 saturated heterocycles. The number of anilines is 1. The number of carbonyl (C=O) groups excluding carboxylic acids is 2. The van der Waals surface area contributed by atoms with E-state index in [4.69, 9.17) is 15.6 Å². The maximum Gasteiger partial charge on any atom is 0.164 e. The van der Waals surface area contributed by atoms with Gasteiger partial charge in [0.15, 0.2) is 5.65 Å². The molecule has 1 atom stereocenters. The molecule has 2 N–H and O–H groups in total. The van der Waals surface area contributed by atoms with Crippen molar-refractivity contribution in [2.45, 2.75) is 74.2 Å². The molecule has 1 unspecified atom stereocenters. The zero-order chi connectivity index (χ0) is 38.1. The van der Waals surface area contributed by atoms with Gasteiger partial charge in [-0.15, -0.1) is 11.8 Å². The molecule has 5 aromatic rings. The van der Waals surface area contributed by atoms with Gasteiger partial charge in [-0.25, -0.2) is 14.6 Å². The number of ether oxygens (including phenoxy) is 1. The van der Waals surface area contributed by atoms with Crippen molar-refractivity contribution in [2.24, 2.45) is 0 Å². The molecule has 7 rings (SSSR count). The first kappa shape index (κ1) is 38.6. The van der Waals surface area contributed by atoms with Crippen LogP contribution in [0, 0.1) is 0 Å². The van der Waals surface area contributed by atoms with E-state index in [0.717, 1.165) is 129 Å². The molecule has 3 aromatic carbocycles. The monoisotopic (exact) mass is 760 g/mol. The van der Waals surface area contributed by atoms with Crippen LogP contribution >= 0.6 is 11.8 Å². The number of para-hydroxylation sites is 1. The average molecular weight is 761 g/mol. The minimum Gasteiger partial charge on any atom is -0.457 e. The van der Waals surface area contributed by atoms with Crippen molar-refractivity contribution in [3.05, 3.63) is 90.3 Å². The lowest BCUT2D eigenvalue weighted by Crippen LogP contribution is -2.43. The van der Waals surface area contributed by atoms with Crippen LogP contribution in [0.3, 0.4) is 0 Å². The summed E-state index contributed by atoms with van der Waals surface area (Å²) >= 11 is 1.95. The summed E-state index contributed by atoms with van der Waals surface area (Å²) in [7, 11) is 2.06. The van der Waals surface area contributed by atoms with Crippen LogP contribution in [0.5, 0.6) is 11.5 Å². The molecule has 0 radical (unpaired) electrons. The van der Waals surface area contributed by atoms with Gasteiger partial charge in [0, 0.05) is 66.5 Å². The number of aldehydes is 2. The summed E-state index contributed by atoms with van der Waals surface area (Å²) < 4.78 is 8.09. The van der Waals surface area contributed by atoms with Gasteiger partial charge in [-0.3, -0.25) is 9.69 Å². The minimum atomic E-state index is 0.239. The standard InChI is InChI=1S/C43H52N8O3S/c1-31(7-6-26-52)48(2)28-34-27-39(15-12-33(34)29-53)55-38-18-22-50(23-19-38)25-24-49-20-16-35(17-21-49)51-43-40(42(44)45-30-46-43)41(47-51)32-10-13-37(14-11-32)54-36-8-4-3-5-9-36/h3-5,8-15,26-27,29-31,35,38H,6-7,16-25,28H2,1-2H3,(H2,44,45,46). The quantitative estimate of drug-likeness (QED) is 0.101. The molecule has 0 amide bonds. The molecule has 2 aliphatic heterocycles. The Labute approximate surface area is 328 Å². The second-order valence-corrected chi connectivity index (χ2v) is 16.3. The molecule has 55 heavy (non-hydrogen) atoms. The fourth-order valence-corrected chi connectivity index (χ4v) is 8.92. The number of thioether (sulfide) groups is 1. The molecule has 0 spiro atoms. The van der Waals surface area contributed by atoms with Gasteiger partial charge in [0.25, 0.3) is 0 Å². The number of nitrogens with two attached hydrogens (primary N) is 1.